The number of hydrogen-bond acceptors (Lipinski definition) is 1. The molecular weight excluding hydrogens is 282 g/mol. The zero-order valence-electron chi connectivity index (χ0n) is 11.6. The van der Waals surface area contributed by atoms with Crippen molar-refractivity contribution in [3.63, 3.8) is 0 Å². The summed E-state index contributed by atoms with van der Waals surface area (Å²) < 4.78 is 29.4. The van der Waals surface area contributed by atoms with E-state index in [2.05, 4.69) is 18.8 Å². The lowest BCUT2D eigenvalue weighted by Gasteiger charge is -2.30. The molecule has 3 rings (SSSR count). The van der Waals surface area contributed by atoms with Crippen LogP contribution < -0.4 is 0 Å². The molecule has 0 saturated heterocycles. The van der Waals surface area contributed by atoms with Gasteiger partial charge in [0.05, 0.1) is 11.4 Å². The summed E-state index contributed by atoms with van der Waals surface area (Å²) in [7, 11) is 0. The van der Waals surface area contributed by atoms with E-state index in [0.717, 1.165) is 25.3 Å². The standard InChI is InChI=1S/C15H17ClF2N2/c1-15(2)5-3-4-12(15)20-11-7-9(17)6-10(18)14(11)19-13(20)8-16/h6-7,12H,3-5,8H2,1-2H3. The van der Waals surface area contributed by atoms with Crippen molar-refractivity contribution in [3.05, 3.63) is 29.6 Å². The normalized spacial score (nSPS) is 21.8. The summed E-state index contributed by atoms with van der Waals surface area (Å²) in [6, 6.07) is 2.41. The molecule has 1 aromatic heterocycles. The molecule has 0 radical (unpaired) electrons. The number of nitrogens with zero attached hydrogens (tertiary/aromatic N) is 2. The molecule has 1 atom stereocenters. The van der Waals surface area contributed by atoms with E-state index in [1.165, 1.54) is 6.07 Å². The van der Waals surface area contributed by atoms with Crippen LogP contribution in [0.25, 0.3) is 11.0 Å². The second-order valence-corrected chi connectivity index (χ2v) is 6.45. The zero-order valence-corrected chi connectivity index (χ0v) is 12.3. The second-order valence-electron chi connectivity index (χ2n) is 6.18. The molecule has 108 valence electrons. The maximum atomic E-state index is 13.9. The van der Waals surface area contributed by atoms with Crippen molar-refractivity contribution in [2.45, 2.75) is 45.0 Å². The quantitative estimate of drug-likeness (QED) is 0.728. The highest BCUT2D eigenvalue weighted by atomic mass is 35.5. The summed E-state index contributed by atoms with van der Waals surface area (Å²) in [5, 5.41) is 0. The molecule has 0 amide bonds. The number of rotatable bonds is 2. The summed E-state index contributed by atoms with van der Waals surface area (Å²) in [5.74, 6) is -0.386. The van der Waals surface area contributed by atoms with Crippen molar-refractivity contribution in [2.24, 2.45) is 5.41 Å². The van der Waals surface area contributed by atoms with Crippen molar-refractivity contribution in [3.8, 4) is 0 Å². The van der Waals surface area contributed by atoms with Crippen LogP contribution in [-0.4, -0.2) is 9.55 Å². The number of imidazole rings is 1. The molecule has 0 bridgehead atoms. The maximum absolute atomic E-state index is 13.9. The van der Waals surface area contributed by atoms with Gasteiger partial charge in [-0.3, -0.25) is 0 Å². The van der Waals surface area contributed by atoms with Crippen LogP contribution in [0, 0.1) is 17.0 Å². The monoisotopic (exact) mass is 298 g/mol. The highest BCUT2D eigenvalue weighted by Crippen LogP contribution is 2.47. The van der Waals surface area contributed by atoms with Crippen molar-refractivity contribution in [2.75, 3.05) is 0 Å². The molecule has 20 heavy (non-hydrogen) atoms. The van der Waals surface area contributed by atoms with Crippen LogP contribution >= 0.6 is 11.6 Å². The van der Waals surface area contributed by atoms with Crippen LogP contribution in [0.4, 0.5) is 8.78 Å². The fourth-order valence-corrected chi connectivity index (χ4v) is 3.59. The lowest BCUT2D eigenvalue weighted by Crippen LogP contribution is -2.23. The first-order valence-corrected chi connectivity index (χ1v) is 7.39. The Morgan fingerprint density at radius 2 is 2.15 bits per heavy atom. The Morgan fingerprint density at radius 3 is 2.75 bits per heavy atom. The van der Waals surface area contributed by atoms with E-state index in [9.17, 15) is 8.78 Å². The van der Waals surface area contributed by atoms with Gasteiger partial charge in [0.2, 0.25) is 0 Å². The van der Waals surface area contributed by atoms with Crippen LogP contribution in [0.1, 0.15) is 45.0 Å². The third-order valence-electron chi connectivity index (χ3n) is 4.42. The highest BCUT2D eigenvalue weighted by molar-refractivity contribution is 6.16. The Bertz CT molecular complexity index is 663. The Balaban J connectivity index is 2.28. The molecule has 1 aromatic carbocycles. The SMILES string of the molecule is CC1(C)CCCC1n1c(CCl)nc2c(F)cc(F)cc21. The van der Waals surface area contributed by atoms with Gasteiger partial charge in [0.1, 0.15) is 17.2 Å². The van der Waals surface area contributed by atoms with E-state index in [1.54, 1.807) is 0 Å². The molecule has 2 nitrogen and oxygen atoms in total. The van der Waals surface area contributed by atoms with E-state index >= 15 is 0 Å². The minimum absolute atomic E-state index is 0.0806. The molecule has 0 spiro atoms. The van der Waals surface area contributed by atoms with Gasteiger partial charge in [0.15, 0.2) is 5.82 Å². The first kappa shape index (κ1) is 13.8. The lowest BCUT2D eigenvalue weighted by atomic mass is 9.87. The summed E-state index contributed by atoms with van der Waals surface area (Å²) in [4.78, 5) is 4.27. The van der Waals surface area contributed by atoms with Crippen molar-refractivity contribution < 1.29 is 8.78 Å². The smallest absolute Gasteiger partial charge is 0.153 e. The molecule has 1 saturated carbocycles. The molecule has 1 heterocycles. The minimum Gasteiger partial charge on any atom is -0.323 e. The molecule has 0 aliphatic heterocycles. The predicted molar refractivity (Wildman–Crippen MR) is 75.9 cm³/mol. The molecule has 1 aliphatic rings. The molecule has 0 N–H and O–H groups in total. The summed E-state index contributed by atoms with van der Waals surface area (Å²) in [6.45, 7) is 4.37. The molecule has 2 aromatic rings. The van der Waals surface area contributed by atoms with E-state index in [0.29, 0.717) is 11.3 Å². The Morgan fingerprint density at radius 1 is 1.40 bits per heavy atom. The van der Waals surface area contributed by atoms with Crippen LogP contribution in [0.3, 0.4) is 0 Å². The summed E-state index contributed by atoms with van der Waals surface area (Å²) in [6.07, 6.45) is 3.19. The Labute approximate surface area is 121 Å². The highest BCUT2D eigenvalue weighted by Gasteiger charge is 2.37. The van der Waals surface area contributed by atoms with Crippen LogP contribution in [0.5, 0.6) is 0 Å². The number of aromatic nitrogens is 2. The van der Waals surface area contributed by atoms with Gasteiger partial charge in [-0.2, -0.15) is 0 Å². The molecule has 1 fully saturated rings. The van der Waals surface area contributed by atoms with Crippen LogP contribution in [0.2, 0.25) is 0 Å². The number of halogens is 3. The third-order valence-corrected chi connectivity index (χ3v) is 4.66. The number of benzene rings is 1. The fourth-order valence-electron chi connectivity index (χ4n) is 3.40. The van der Waals surface area contributed by atoms with Crippen LogP contribution in [0.15, 0.2) is 12.1 Å². The minimum atomic E-state index is -0.624. The van der Waals surface area contributed by atoms with Gasteiger partial charge in [0.25, 0.3) is 0 Å². The Kier molecular flexibility index (Phi) is 3.24. The first-order chi connectivity index (χ1) is 9.44. The summed E-state index contributed by atoms with van der Waals surface area (Å²) >= 11 is 5.97. The van der Waals surface area contributed by atoms with Crippen molar-refractivity contribution in [1.29, 1.82) is 0 Å². The summed E-state index contributed by atoms with van der Waals surface area (Å²) in [5.41, 5.74) is 0.805. The molecular formula is C15H17ClF2N2. The van der Waals surface area contributed by atoms with Gasteiger partial charge in [0, 0.05) is 12.1 Å². The van der Waals surface area contributed by atoms with Crippen molar-refractivity contribution >= 4 is 22.6 Å². The lowest BCUT2D eigenvalue weighted by molar-refractivity contribution is 0.262. The molecule has 5 heteroatoms. The predicted octanol–water partition coefficient (Wildman–Crippen LogP) is 4.80. The average molecular weight is 299 g/mol. The largest absolute Gasteiger partial charge is 0.323 e. The fraction of sp³-hybridized carbons (Fsp3) is 0.533. The van der Waals surface area contributed by atoms with Gasteiger partial charge >= 0.3 is 0 Å². The topological polar surface area (TPSA) is 17.8 Å². The van der Waals surface area contributed by atoms with E-state index < -0.39 is 11.6 Å². The first-order valence-electron chi connectivity index (χ1n) is 6.86. The van der Waals surface area contributed by atoms with E-state index in [4.69, 9.17) is 11.6 Å². The van der Waals surface area contributed by atoms with Crippen molar-refractivity contribution in [1.82, 2.24) is 9.55 Å². The van der Waals surface area contributed by atoms with Gasteiger partial charge in [-0.15, -0.1) is 11.6 Å². The van der Waals surface area contributed by atoms with Gasteiger partial charge in [-0.25, -0.2) is 13.8 Å². The third kappa shape index (κ3) is 2.01. The maximum Gasteiger partial charge on any atom is 0.153 e. The van der Waals surface area contributed by atoms with Gasteiger partial charge < -0.3 is 4.57 Å². The second kappa shape index (κ2) is 4.69. The van der Waals surface area contributed by atoms with E-state index in [-0.39, 0.29) is 22.9 Å². The number of alkyl halides is 1. The number of fused-ring (bicyclic) bond motifs is 1. The van der Waals surface area contributed by atoms with Gasteiger partial charge in [-0.05, 0) is 24.3 Å². The Hall–Kier alpha value is -1.16. The molecule has 1 aliphatic carbocycles. The van der Waals surface area contributed by atoms with Crippen LogP contribution in [-0.2, 0) is 5.88 Å². The zero-order chi connectivity index (χ0) is 14.5. The van der Waals surface area contributed by atoms with E-state index in [1.807, 2.05) is 4.57 Å². The van der Waals surface area contributed by atoms with Gasteiger partial charge in [-0.1, -0.05) is 20.3 Å². The molecule has 1 unspecified atom stereocenters. The number of hydrogen-bond donors (Lipinski definition) is 0. The average Bonchev–Trinajstić information content (AvgIpc) is 2.88.